The molecule has 0 aliphatic rings. The quantitative estimate of drug-likeness (QED) is 0.772. The number of thioether (sulfide) groups is 1. The van der Waals surface area contributed by atoms with E-state index in [4.69, 9.17) is 5.11 Å². The molecule has 20 heavy (non-hydrogen) atoms. The Bertz CT molecular complexity index is 489. The molecule has 0 saturated carbocycles. The van der Waals surface area contributed by atoms with Crippen LogP contribution in [0.3, 0.4) is 0 Å². The number of likely N-dealkylation sites (N-methyl/N-ethyl adjacent to an activating group) is 1. The number of Topliss-reactive ketones (excluding diaryl/α,β-unsaturated/α-hetero) is 1. The molecule has 0 aromatic heterocycles. The number of ketones is 1. The second-order valence-electron chi connectivity index (χ2n) is 4.30. The van der Waals surface area contributed by atoms with Crippen LogP contribution in [-0.4, -0.2) is 52.3 Å². The number of rotatable bonds is 7. The van der Waals surface area contributed by atoms with Crippen molar-refractivity contribution in [2.45, 2.75) is 13.0 Å². The average molecular weight is 295 g/mol. The Labute approximate surface area is 122 Å². The monoisotopic (exact) mass is 295 g/mol. The van der Waals surface area contributed by atoms with Crippen LogP contribution < -0.4 is 0 Å². The van der Waals surface area contributed by atoms with E-state index in [1.807, 2.05) is 6.07 Å². The molecule has 108 valence electrons. The van der Waals surface area contributed by atoms with Crippen LogP contribution >= 0.6 is 11.8 Å². The summed E-state index contributed by atoms with van der Waals surface area (Å²) in [6.45, 7) is 1.44. The first kappa shape index (κ1) is 16.2. The minimum absolute atomic E-state index is 0.0441. The van der Waals surface area contributed by atoms with Gasteiger partial charge in [-0.25, -0.2) is 4.79 Å². The number of hydrogen-bond donors (Lipinski definition) is 1. The number of carbonyl (C=O) groups excluding carboxylic acids is 2. The first-order valence-corrected chi connectivity index (χ1v) is 7.23. The topological polar surface area (TPSA) is 74.7 Å². The molecule has 0 bridgehead atoms. The van der Waals surface area contributed by atoms with E-state index in [2.05, 4.69) is 0 Å². The summed E-state index contributed by atoms with van der Waals surface area (Å²) >= 11 is 1.19. The van der Waals surface area contributed by atoms with Crippen LogP contribution in [0.2, 0.25) is 0 Å². The largest absolute Gasteiger partial charge is 0.480 e. The number of carboxylic acid groups (broad SMARTS) is 1. The van der Waals surface area contributed by atoms with Crippen molar-refractivity contribution in [3.05, 3.63) is 35.9 Å². The molecule has 1 N–H and O–H groups in total. The molecule has 5 nitrogen and oxygen atoms in total. The van der Waals surface area contributed by atoms with Gasteiger partial charge in [0.25, 0.3) is 0 Å². The minimum Gasteiger partial charge on any atom is -0.480 e. The van der Waals surface area contributed by atoms with Gasteiger partial charge in [0.05, 0.1) is 11.5 Å². The maximum absolute atomic E-state index is 11.8. The third-order valence-electron chi connectivity index (χ3n) is 2.89. The molecule has 1 rings (SSSR count). The van der Waals surface area contributed by atoms with Crippen LogP contribution in [-0.2, 0) is 9.59 Å². The Morgan fingerprint density at radius 1 is 1.20 bits per heavy atom. The third kappa shape index (κ3) is 4.70. The van der Waals surface area contributed by atoms with Crippen molar-refractivity contribution >= 4 is 29.4 Å². The fourth-order valence-corrected chi connectivity index (χ4v) is 2.25. The molecule has 0 radical (unpaired) electrons. The highest BCUT2D eigenvalue weighted by Gasteiger charge is 2.21. The molecule has 0 saturated heterocycles. The number of hydrogen-bond acceptors (Lipinski definition) is 4. The number of carboxylic acids is 1. The SMILES string of the molecule is CC(C(=O)O)N(C)C(=O)CSCC(=O)c1ccccc1. The Balaban J connectivity index is 2.39. The van der Waals surface area contributed by atoms with Gasteiger partial charge in [0.15, 0.2) is 5.78 Å². The molecule has 0 heterocycles. The van der Waals surface area contributed by atoms with Gasteiger partial charge >= 0.3 is 5.97 Å². The summed E-state index contributed by atoms with van der Waals surface area (Å²) in [7, 11) is 1.45. The first-order valence-electron chi connectivity index (χ1n) is 6.08. The lowest BCUT2D eigenvalue weighted by molar-refractivity contribution is -0.147. The molecule has 0 aliphatic carbocycles. The highest BCUT2D eigenvalue weighted by Crippen LogP contribution is 2.09. The predicted molar refractivity (Wildman–Crippen MR) is 78.0 cm³/mol. The molecule has 0 fully saturated rings. The van der Waals surface area contributed by atoms with E-state index in [-0.39, 0.29) is 23.2 Å². The van der Waals surface area contributed by atoms with Gasteiger partial charge in [-0.05, 0) is 6.92 Å². The predicted octanol–water partition coefficient (Wildman–Crippen LogP) is 1.53. The van der Waals surface area contributed by atoms with Gasteiger partial charge in [0.2, 0.25) is 5.91 Å². The van der Waals surface area contributed by atoms with Crippen LogP contribution in [0.4, 0.5) is 0 Å². The van der Waals surface area contributed by atoms with Crippen LogP contribution in [0.5, 0.6) is 0 Å². The zero-order valence-corrected chi connectivity index (χ0v) is 12.2. The molecule has 1 aromatic carbocycles. The number of aliphatic carboxylic acids is 1. The Hall–Kier alpha value is -1.82. The Morgan fingerprint density at radius 2 is 1.80 bits per heavy atom. The Morgan fingerprint density at radius 3 is 2.35 bits per heavy atom. The molecular weight excluding hydrogens is 278 g/mol. The van der Waals surface area contributed by atoms with Crippen LogP contribution in [0.15, 0.2) is 30.3 Å². The standard InChI is InChI=1S/C14H17NO4S/c1-10(14(18)19)15(2)13(17)9-20-8-12(16)11-6-4-3-5-7-11/h3-7,10H,8-9H2,1-2H3,(H,18,19). The zero-order valence-electron chi connectivity index (χ0n) is 11.4. The van der Waals surface area contributed by atoms with Gasteiger partial charge < -0.3 is 10.0 Å². The van der Waals surface area contributed by atoms with Crippen LogP contribution in [0.25, 0.3) is 0 Å². The number of benzene rings is 1. The minimum atomic E-state index is -1.05. The Kier molecular flexibility index (Phi) is 6.24. The molecule has 1 aromatic rings. The maximum Gasteiger partial charge on any atom is 0.326 e. The van der Waals surface area contributed by atoms with E-state index in [1.54, 1.807) is 24.3 Å². The molecule has 0 aliphatic heterocycles. The second kappa shape index (κ2) is 7.69. The van der Waals surface area contributed by atoms with Crippen molar-refractivity contribution in [1.29, 1.82) is 0 Å². The van der Waals surface area contributed by atoms with Crippen molar-refractivity contribution in [3.63, 3.8) is 0 Å². The van der Waals surface area contributed by atoms with Crippen molar-refractivity contribution in [2.75, 3.05) is 18.6 Å². The van der Waals surface area contributed by atoms with E-state index < -0.39 is 12.0 Å². The highest BCUT2D eigenvalue weighted by molar-refractivity contribution is 8.00. The molecule has 1 amide bonds. The summed E-state index contributed by atoms with van der Waals surface area (Å²) in [6, 6.07) is 7.98. The maximum atomic E-state index is 11.8. The summed E-state index contributed by atoms with van der Waals surface area (Å²) in [5.41, 5.74) is 0.611. The summed E-state index contributed by atoms with van der Waals surface area (Å²) in [4.78, 5) is 35.5. The van der Waals surface area contributed by atoms with Crippen molar-refractivity contribution in [2.24, 2.45) is 0 Å². The molecule has 1 atom stereocenters. The van der Waals surface area contributed by atoms with Crippen LogP contribution in [0.1, 0.15) is 17.3 Å². The summed E-state index contributed by atoms with van der Waals surface area (Å²) in [6.07, 6.45) is 0. The van der Waals surface area contributed by atoms with Crippen molar-refractivity contribution < 1.29 is 19.5 Å². The van der Waals surface area contributed by atoms with E-state index in [1.165, 1.54) is 30.6 Å². The lowest BCUT2D eigenvalue weighted by Crippen LogP contribution is -2.41. The number of carbonyl (C=O) groups is 3. The van der Waals surface area contributed by atoms with Crippen molar-refractivity contribution in [3.8, 4) is 0 Å². The lowest BCUT2D eigenvalue weighted by Gasteiger charge is -2.21. The van der Waals surface area contributed by atoms with E-state index in [0.717, 1.165) is 0 Å². The van der Waals surface area contributed by atoms with Crippen molar-refractivity contribution in [1.82, 2.24) is 4.90 Å². The smallest absolute Gasteiger partial charge is 0.326 e. The normalized spacial score (nSPS) is 11.7. The fourth-order valence-electron chi connectivity index (χ4n) is 1.42. The van der Waals surface area contributed by atoms with E-state index in [0.29, 0.717) is 5.56 Å². The fraction of sp³-hybridized carbons (Fsp3) is 0.357. The third-order valence-corrected chi connectivity index (χ3v) is 3.80. The number of nitrogens with zero attached hydrogens (tertiary/aromatic N) is 1. The lowest BCUT2D eigenvalue weighted by atomic mass is 10.2. The second-order valence-corrected chi connectivity index (χ2v) is 5.29. The highest BCUT2D eigenvalue weighted by atomic mass is 32.2. The molecule has 0 spiro atoms. The van der Waals surface area contributed by atoms with Gasteiger partial charge in [0.1, 0.15) is 6.04 Å². The molecular formula is C14H17NO4S. The van der Waals surface area contributed by atoms with Gasteiger partial charge in [-0.15, -0.1) is 11.8 Å². The van der Waals surface area contributed by atoms with Gasteiger partial charge in [-0.1, -0.05) is 30.3 Å². The van der Waals surface area contributed by atoms with Gasteiger partial charge in [0, 0.05) is 12.6 Å². The molecule has 1 unspecified atom stereocenters. The number of amides is 1. The van der Waals surface area contributed by atoms with E-state index >= 15 is 0 Å². The molecule has 6 heteroatoms. The van der Waals surface area contributed by atoms with Gasteiger partial charge in [-0.2, -0.15) is 0 Å². The summed E-state index contributed by atoms with van der Waals surface area (Å²) in [5, 5.41) is 8.81. The summed E-state index contributed by atoms with van der Waals surface area (Å²) in [5.74, 6) is -1.10. The summed E-state index contributed by atoms with van der Waals surface area (Å²) < 4.78 is 0. The average Bonchev–Trinajstić information content (AvgIpc) is 2.46. The van der Waals surface area contributed by atoms with Crippen LogP contribution in [0, 0.1) is 0 Å². The first-order chi connectivity index (χ1) is 9.43. The van der Waals surface area contributed by atoms with Gasteiger partial charge in [-0.3, -0.25) is 9.59 Å². The zero-order chi connectivity index (χ0) is 15.1. The van der Waals surface area contributed by atoms with E-state index in [9.17, 15) is 14.4 Å².